The fraction of sp³-hybridized carbons (Fsp3) is 0.857. The van der Waals surface area contributed by atoms with Gasteiger partial charge in [0, 0.05) is 19.1 Å². The molecule has 0 spiro atoms. The van der Waals surface area contributed by atoms with Crippen molar-refractivity contribution in [1.29, 1.82) is 0 Å². The normalized spacial score (nSPS) is 25.6. The van der Waals surface area contributed by atoms with Crippen molar-refractivity contribution in [2.45, 2.75) is 38.2 Å². The Hall–Kier alpha value is -1.10. The van der Waals surface area contributed by atoms with Crippen LogP contribution in [0.15, 0.2) is 0 Å². The predicted molar refractivity (Wildman–Crippen MR) is 67.3 cm³/mol. The van der Waals surface area contributed by atoms with Gasteiger partial charge in [0.1, 0.15) is 6.10 Å². The highest BCUT2D eigenvalue weighted by atomic mass is 16.5. The molecule has 3 rings (SSSR count). The van der Waals surface area contributed by atoms with Crippen molar-refractivity contribution in [3.8, 4) is 0 Å². The van der Waals surface area contributed by atoms with Gasteiger partial charge in [-0.25, -0.2) is 0 Å². The molecular formula is C14H21NO4. The van der Waals surface area contributed by atoms with E-state index in [9.17, 15) is 9.59 Å². The zero-order valence-corrected chi connectivity index (χ0v) is 11.2. The molecule has 0 aromatic rings. The number of carbonyl (C=O) groups is 2. The van der Waals surface area contributed by atoms with E-state index in [2.05, 4.69) is 0 Å². The molecule has 0 radical (unpaired) electrons. The van der Waals surface area contributed by atoms with E-state index >= 15 is 0 Å². The summed E-state index contributed by atoms with van der Waals surface area (Å²) in [4.78, 5) is 25.6. The lowest BCUT2D eigenvalue weighted by atomic mass is 9.83. The molecule has 19 heavy (non-hydrogen) atoms. The fourth-order valence-electron chi connectivity index (χ4n) is 2.80. The fourth-order valence-corrected chi connectivity index (χ4v) is 2.80. The zero-order chi connectivity index (χ0) is 13.2. The Morgan fingerprint density at radius 2 is 1.68 bits per heavy atom. The van der Waals surface area contributed by atoms with Gasteiger partial charge in [-0.1, -0.05) is 6.42 Å². The average Bonchev–Trinajstić information content (AvgIpc) is 2.31. The molecule has 3 fully saturated rings. The molecule has 5 nitrogen and oxygen atoms in total. The number of likely N-dealkylation sites (tertiary alicyclic amines) is 1. The van der Waals surface area contributed by atoms with Crippen LogP contribution in [0.2, 0.25) is 0 Å². The van der Waals surface area contributed by atoms with Gasteiger partial charge < -0.3 is 14.4 Å². The molecule has 0 bridgehead atoms. The molecule has 2 heterocycles. The van der Waals surface area contributed by atoms with Crippen LogP contribution in [-0.2, 0) is 19.1 Å². The van der Waals surface area contributed by atoms with Gasteiger partial charge in [-0.3, -0.25) is 9.59 Å². The van der Waals surface area contributed by atoms with Gasteiger partial charge in [-0.2, -0.15) is 0 Å². The molecule has 0 aromatic heterocycles. The average molecular weight is 267 g/mol. The first kappa shape index (κ1) is 12.9. The van der Waals surface area contributed by atoms with Crippen molar-refractivity contribution in [3.05, 3.63) is 0 Å². The van der Waals surface area contributed by atoms with Crippen LogP contribution >= 0.6 is 0 Å². The van der Waals surface area contributed by atoms with Crippen molar-refractivity contribution in [2.24, 2.45) is 11.8 Å². The highest BCUT2D eigenvalue weighted by Gasteiger charge is 2.39. The van der Waals surface area contributed by atoms with Crippen LogP contribution in [0.4, 0.5) is 0 Å². The van der Waals surface area contributed by atoms with E-state index in [0.29, 0.717) is 26.3 Å². The van der Waals surface area contributed by atoms with Crippen molar-refractivity contribution >= 4 is 11.9 Å². The molecule has 2 aliphatic heterocycles. The van der Waals surface area contributed by atoms with E-state index < -0.39 is 0 Å². The van der Waals surface area contributed by atoms with Crippen molar-refractivity contribution < 1.29 is 19.1 Å². The van der Waals surface area contributed by atoms with Gasteiger partial charge in [0.05, 0.1) is 19.0 Å². The van der Waals surface area contributed by atoms with Gasteiger partial charge in [-0.05, 0) is 25.7 Å². The minimum absolute atomic E-state index is 0.00914. The summed E-state index contributed by atoms with van der Waals surface area (Å²) in [5.41, 5.74) is 0. The van der Waals surface area contributed by atoms with Crippen LogP contribution in [0.3, 0.4) is 0 Å². The van der Waals surface area contributed by atoms with Gasteiger partial charge in [0.2, 0.25) is 5.91 Å². The molecule has 106 valence electrons. The van der Waals surface area contributed by atoms with E-state index in [1.54, 1.807) is 0 Å². The number of nitrogens with zero attached hydrogens (tertiary/aromatic N) is 1. The van der Waals surface area contributed by atoms with E-state index in [-0.39, 0.29) is 29.8 Å². The Bertz CT molecular complexity index is 354. The van der Waals surface area contributed by atoms with Gasteiger partial charge in [0.15, 0.2) is 0 Å². The first-order valence-electron chi connectivity index (χ1n) is 7.31. The van der Waals surface area contributed by atoms with E-state index in [0.717, 1.165) is 25.7 Å². The minimum atomic E-state index is -0.107. The van der Waals surface area contributed by atoms with Crippen molar-refractivity contribution in [2.75, 3.05) is 26.3 Å². The molecule has 0 atom stereocenters. The molecule has 2 saturated heterocycles. The van der Waals surface area contributed by atoms with Crippen LogP contribution in [-0.4, -0.2) is 49.2 Å². The van der Waals surface area contributed by atoms with Crippen molar-refractivity contribution in [1.82, 2.24) is 4.90 Å². The lowest BCUT2D eigenvalue weighted by molar-refractivity contribution is -0.171. The molecule has 0 aromatic carbocycles. The summed E-state index contributed by atoms with van der Waals surface area (Å²) in [6.07, 6.45) is 4.67. The second kappa shape index (κ2) is 5.49. The van der Waals surface area contributed by atoms with Gasteiger partial charge in [-0.15, -0.1) is 0 Å². The SMILES string of the molecule is O=C(OC1CN(C(=O)C2CCC2)C1)C1CCOCC1. The van der Waals surface area contributed by atoms with Crippen molar-refractivity contribution in [3.63, 3.8) is 0 Å². The van der Waals surface area contributed by atoms with E-state index in [1.165, 1.54) is 6.42 Å². The van der Waals surface area contributed by atoms with E-state index in [1.807, 2.05) is 4.90 Å². The highest BCUT2D eigenvalue weighted by molar-refractivity contribution is 5.80. The standard InChI is InChI=1S/C14H21NO4/c16-13(10-2-1-3-10)15-8-12(9-15)19-14(17)11-4-6-18-7-5-11/h10-12H,1-9H2. The second-order valence-corrected chi connectivity index (χ2v) is 5.82. The Balaban J connectivity index is 1.38. The third kappa shape index (κ3) is 2.76. The number of rotatable bonds is 3. The van der Waals surface area contributed by atoms with Crippen LogP contribution in [0.5, 0.6) is 0 Å². The number of amides is 1. The molecule has 1 amide bonds. The number of ether oxygens (including phenoxy) is 2. The summed E-state index contributed by atoms with van der Waals surface area (Å²) < 4.78 is 10.7. The largest absolute Gasteiger partial charge is 0.458 e. The molecule has 3 aliphatic rings. The zero-order valence-electron chi connectivity index (χ0n) is 11.2. The Morgan fingerprint density at radius 1 is 1.00 bits per heavy atom. The Kier molecular flexibility index (Phi) is 3.73. The predicted octanol–water partition coefficient (Wildman–Crippen LogP) is 0.967. The number of hydrogen-bond donors (Lipinski definition) is 0. The number of esters is 1. The maximum atomic E-state index is 11.9. The first-order chi connectivity index (χ1) is 9.24. The number of carbonyl (C=O) groups excluding carboxylic acids is 2. The second-order valence-electron chi connectivity index (χ2n) is 5.82. The lowest BCUT2D eigenvalue weighted by Gasteiger charge is -2.42. The smallest absolute Gasteiger partial charge is 0.309 e. The first-order valence-corrected chi connectivity index (χ1v) is 7.31. The maximum Gasteiger partial charge on any atom is 0.309 e. The summed E-state index contributed by atoms with van der Waals surface area (Å²) >= 11 is 0. The number of hydrogen-bond acceptors (Lipinski definition) is 4. The lowest BCUT2D eigenvalue weighted by Crippen LogP contribution is -2.57. The molecule has 5 heteroatoms. The Morgan fingerprint density at radius 3 is 2.26 bits per heavy atom. The monoisotopic (exact) mass is 267 g/mol. The molecule has 0 N–H and O–H groups in total. The van der Waals surface area contributed by atoms with Crippen LogP contribution < -0.4 is 0 Å². The molecule has 1 aliphatic carbocycles. The van der Waals surface area contributed by atoms with Crippen LogP contribution in [0.1, 0.15) is 32.1 Å². The third-order valence-electron chi connectivity index (χ3n) is 4.45. The summed E-state index contributed by atoms with van der Waals surface area (Å²) in [5.74, 6) is 0.380. The summed E-state index contributed by atoms with van der Waals surface area (Å²) in [5, 5.41) is 0. The summed E-state index contributed by atoms with van der Waals surface area (Å²) in [6, 6.07) is 0. The summed E-state index contributed by atoms with van der Waals surface area (Å²) in [6.45, 7) is 2.47. The minimum Gasteiger partial charge on any atom is -0.458 e. The van der Waals surface area contributed by atoms with Crippen LogP contribution in [0, 0.1) is 11.8 Å². The van der Waals surface area contributed by atoms with E-state index in [4.69, 9.17) is 9.47 Å². The van der Waals surface area contributed by atoms with Crippen LogP contribution in [0.25, 0.3) is 0 Å². The highest BCUT2D eigenvalue weighted by Crippen LogP contribution is 2.30. The maximum absolute atomic E-state index is 11.9. The third-order valence-corrected chi connectivity index (χ3v) is 4.45. The Labute approximate surface area is 113 Å². The van der Waals surface area contributed by atoms with Gasteiger partial charge >= 0.3 is 5.97 Å². The molecule has 0 unspecified atom stereocenters. The van der Waals surface area contributed by atoms with Gasteiger partial charge in [0.25, 0.3) is 0 Å². The molecule has 1 saturated carbocycles. The molecular weight excluding hydrogens is 246 g/mol. The summed E-state index contributed by atoms with van der Waals surface area (Å²) in [7, 11) is 0. The topological polar surface area (TPSA) is 55.8 Å². The quantitative estimate of drug-likeness (QED) is 0.715.